The minimum atomic E-state index is -4.23. The smallest absolute Gasteiger partial charge is 0.415 e. The summed E-state index contributed by atoms with van der Waals surface area (Å²) in [6.45, 7) is 5.07. The first kappa shape index (κ1) is 70.7. The van der Waals surface area contributed by atoms with Gasteiger partial charge in [0, 0.05) is 49.3 Å². The van der Waals surface area contributed by atoms with Gasteiger partial charge in [0.25, 0.3) is 0 Å². The third-order valence-electron chi connectivity index (χ3n) is 16.1. The topological polar surface area (TPSA) is 294 Å². The van der Waals surface area contributed by atoms with Gasteiger partial charge in [-0.15, -0.1) is 0 Å². The molecule has 4 fully saturated rings. The van der Waals surface area contributed by atoms with Crippen LogP contribution in [0.5, 0.6) is 11.5 Å². The summed E-state index contributed by atoms with van der Waals surface area (Å²) >= 11 is 1.87. The highest BCUT2D eigenvalue weighted by atomic mass is 32.2. The molecule has 9 atom stereocenters. The van der Waals surface area contributed by atoms with Crippen LogP contribution in [0.15, 0.2) is 91.0 Å². The van der Waals surface area contributed by atoms with Gasteiger partial charge in [0.05, 0.1) is 77.3 Å². The minimum absolute atomic E-state index is 0.0131. The fourth-order valence-electron chi connectivity index (χ4n) is 11.5. The Morgan fingerprint density at radius 3 is 1.97 bits per heavy atom. The highest BCUT2D eigenvalue weighted by Crippen LogP contribution is 2.53. The maximum atomic E-state index is 15.2. The fraction of sp³-hybridized carbons (Fsp3) is 0.619. The number of para-hydroxylation sites is 2. The molecule has 23 nitrogen and oxygen atoms in total. The number of carbonyl (C=O) groups is 6. The molecule has 26 heteroatoms. The van der Waals surface area contributed by atoms with Gasteiger partial charge in [-0.1, -0.05) is 92.9 Å². The number of hydrogen-bond donors (Lipinski definition) is 6. The standard InChI is InChI=1S/C63H92N7O16PS2/c1-3-58(87(77,85-48-22-9-5-10-23-48)86-49-24-11-6-12-25-49)68-61(74)54-43-47-21-13-14-27-53(47)70(54)62(75)51(31-42-89(2,78)79)66-60(73)50(26-17-18-33-84-44-46-19-7-4-8-20-46)65-57(72)30-34-80-36-38-82-40-41-83-39-37-81-35-32-64-56(71)29-16-15-28-55-59-52(45-88-55)67-63(76)69-59/h4-12,19-20,22-25,47,50-55,58-59H,3,13-18,21,26-45H2,1-2H3,(H,64,71)(H,65,72)(H,66,73)(H,68,74)(H2,67,69,76)/t47-,50+,51-,52+,53-,54-,55+,58-,59+/m1/s1. The lowest BCUT2D eigenvalue weighted by atomic mass is 9.84. The summed E-state index contributed by atoms with van der Waals surface area (Å²) < 4.78 is 81.1. The third-order valence-corrected chi connectivity index (χ3v) is 20.8. The highest BCUT2D eigenvalue weighted by molar-refractivity contribution is 8.00. The molecule has 0 aromatic heterocycles. The quantitative estimate of drug-likeness (QED) is 0.0202. The van der Waals surface area contributed by atoms with Crippen molar-refractivity contribution < 1.29 is 74.5 Å². The fourth-order valence-corrected chi connectivity index (χ4v) is 15.6. The molecule has 1 saturated carbocycles. The van der Waals surface area contributed by atoms with E-state index in [2.05, 4.69) is 31.9 Å². The Morgan fingerprint density at radius 2 is 1.31 bits per heavy atom. The number of ether oxygens (including phenoxy) is 5. The van der Waals surface area contributed by atoms with Crippen molar-refractivity contribution in [3.05, 3.63) is 96.6 Å². The van der Waals surface area contributed by atoms with E-state index in [1.165, 1.54) is 4.90 Å². The number of carbonyl (C=O) groups excluding carboxylic acids is 6. The average Bonchev–Trinajstić information content (AvgIpc) is 2.69. The molecule has 6 N–H and O–H groups in total. The van der Waals surface area contributed by atoms with Crippen molar-refractivity contribution in [1.29, 1.82) is 0 Å². The predicted octanol–water partition coefficient (Wildman–Crippen LogP) is 6.44. The molecule has 0 bridgehead atoms. The maximum Gasteiger partial charge on any atom is 0.452 e. The van der Waals surface area contributed by atoms with Gasteiger partial charge in [-0.25, -0.2) is 17.8 Å². The molecule has 3 aromatic carbocycles. The number of unbranched alkanes of at least 4 members (excludes halogenated alkanes) is 2. The molecular weight excluding hydrogens is 1210 g/mol. The SMILES string of the molecule is CC[C@H](NC(=O)[C@H]1C[C@H]2CCCC[C@H]2N1C(=O)[C@@H](CCS(C)(=O)=O)NC(=O)[C@H](CCCCOCc1ccccc1)NC(=O)CCOCCOCCOCCOCCNC(=O)CCCC[C@@H]1SC[C@@H]2NC(=O)N[C@@H]21)P(=O)(Oc1ccccc1)Oc1ccccc1. The van der Waals surface area contributed by atoms with Crippen LogP contribution in [-0.4, -0.2) is 180 Å². The number of nitrogens with zero attached hydrogens (tertiary/aromatic N) is 1. The number of hydrogen-bond acceptors (Lipinski definition) is 17. The van der Waals surface area contributed by atoms with E-state index < -0.39 is 76.8 Å². The molecule has 492 valence electrons. The first-order valence-electron chi connectivity index (χ1n) is 31.5. The minimum Gasteiger partial charge on any atom is -0.415 e. The second kappa shape index (κ2) is 37.5. The Morgan fingerprint density at radius 1 is 0.685 bits per heavy atom. The van der Waals surface area contributed by atoms with Crippen LogP contribution in [0.25, 0.3) is 0 Å². The molecule has 7 amide bonds. The predicted molar refractivity (Wildman–Crippen MR) is 338 cm³/mol. The monoisotopic (exact) mass is 1300 g/mol. The van der Waals surface area contributed by atoms with Crippen molar-refractivity contribution >= 4 is 64.8 Å². The van der Waals surface area contributed by atoms with Crippen LogP contribution < -0.4 is 40.9 Å². The van der Waals surface area contributed by atoms with E-state index in [0.717, 1.165) is 56.1 Å². The lowest BCUT2D eigenvalue weighted by Gasteiger charge is -2.37. The zero-order chi connectivity index (χ0) is 63.3. The molecule has 3 aromatic rings. The van der Waals surface area contributed by atoms with Crippen molar-refractivity contribution in [1.82, 2.24) is 36.8 Å². The molecule has 3 heterocycles. The summed E-state index contributed by atoms with van der Waals surface area (Å²) in [6.07, 6.45) is 8.35. The first-order valence-corrected chi connectivity index (χ1v) is 36.2. The second-order valence-electron chi connectivity index (χ2n) is 22.9. The molecular formula is C63H92N7O16PS2. The van der Waals surface area contributed by atoms with Gasteiger partial charge >= 0.3 is 13.6 Å². The Hall–Kier alpha value is -5.79. The number of thioether (sulfide) groups is 1. The second-order valence-corrected chi connectivity index (χ2v) is 28.5. The van der Waals surface area contributed by atoms with Gasteiger partial charge in [0.2, 0.25) is 29.5 Å². The van der Waals surface area contributed by atoms with Gasteiger partial charge in [0.15, 0.2) is 5.78 Å². The summed E-state index contributed by atoms with van der Waals surface area (Å²) in [5, 5.41) is 17.8. The van der Waals surface area contributed by atoms with Crippen molar-refractivity contribution in [2.24, 2.45) is 5.92 Å². The number of urea groups is 1. The summed E-state index contributed by atoms with van der Waals surface area (Å²) in [5.41, 5.74) is 1.01. The van der Waals surface area contributed by atoms with Crippen LogP contribution in [-0.2, 0) is 68.7 Å². The van der Waals surface area contributed by atoms with E-state index in [0.29, 0.717) is 83.7 Å². The third kappa shape index (κ3) is 24.1. The Kier molecular flexibility index (Phi) is 29.8. The van der Waals surface area contributed by atoms with E-state index in [-0.39, 0.29) is 93.4 Å². The van der Waals surface area contributed by atoms with Crippen LogP contribution >= 0.6 is 19.4 Å². The summed E-state index contributed by atoms with van der Waals surface area (Å²) in [4.78, 5) is 83.5. The normalized spacial score (nSPS) is 20.7. The van der Waals surface area contributed by atoms with Gasteiger partial charge in [-0.2, -0.15) is 11.8 Å². The number of fused-ring (bicyclic) bond motifs is 2. The van der Waals surface area contributed by atoms with Crippen LogP contribution in [0, 0.1) is 5.92 Å². The molecule has 3 aliphatic heterocycles. The summed E-state index contributed by atoms with van der Waals surface area (Å²) in [5.74, 6) is -2.64. The van der Waals surface area contributed by atoms with Crippen LogP contribution in [0.2, 0.25) is 0 Å². The number of sulfone groups is 1. The molecule has 1 aliphatic carbocycles. The zero-order valence-corrected chi connectivity index (χ0v) is 53.9. The van der Waals surface area contributed by atoms with Crippen LogP contribution in [0.3, 0.4) is 0 Å². The Bertz CT molecular complexity index is 2790. The highest BCUT2D eigenvalue weighted by Gasteiger charge is 2.51. The van der Waals surface area contributed by atoms with Crippen molar-refractivity contribution in [2.75, 3.05) is 83.8 Å². The Labute approximate surface area is 528 Å². The van der Waals surface area contributed by atoms with Crippen molar-refractivity contribution in [2.45, 2.75) is 157 Å². The van der Waals surface area contributed by atoms with Gasteiger partial charge in [-0.3, -0.25) is 24.0 Å². The summed E-state index contributed by atoms with van der Waals surface area (Å²) in [6, 6.07) is 23.0. The van der Waals surface area contributed by atoms with Gasteiger partial charge < -0.3 is 69.5 Å². The van der Waals surface area contributed by atoms with Crippen LogP contribution in [0.1, 0.15) is 109 Å². The number of benzene rings is 3. The first-order chi connectivity index (χ1) is 43.1. The molecule has 0 unspecified atom stereocenters. The molecule has 89 heavy (non-hydrogen) atoms. The van der Waals surface area contributed by atoms with Crippen molar-refractivity contribution in [3.8, 4) is 11.5 Å². The van der Waals surface area contributed by atoms with Crippen LogP contribution in [0.4, 0.5) is 4.79 Å². The van der Waals surface area contributed by atoms with E-state index in [9.17, 15) is 37.0 Å². The molecule has 7 rings (SSSR count). The average molecular weight is 1300 g/mol. The van der Waals surface area contributed by atoms with Crippen molar-refractivity contribution in [3.63, 3.8) is 0 Å². The van der Waals surface area contributed by atoms with Gasteiger partial charge in [-0.05, 0) is 100.0 Å². The van der Waals surface area contributed by atoms with Gasteiger partial charge in [0.1, 0.15) is 39.5 Å². The van der Waals surface area contributed by atoms with E-state index in [1.54, 1.807) is 67.6 Å². The molecule has 0 radical (unpaired) electrons. The largest absolute Gasteiger partial charge is 0.452 e. The molecule has 0 spiro atoms. The number of rotatable bonds is 42. The maximum absolute atomic E-state index is 15.2. The zero-order valence-electron chi connectivity index (χ0n) is 51.4. The van der Waals surface area contributed by atoms with E-state index in [1.807, 2.05) is 42.1 Å². The number of nitrogens with one attached hydrogen (secondary N) is 6. The lowest BCUT2D eigenvalue weighted by Crippen LogP contribution is -2.59. The van der Waals surface area contributed by atoms with E-state index >= 15 is 4.79 Å². The van der Waals surface area contributed by atoms with E-state index in [4.69, 9.17) is 32.7 Å². The lowest BCUT2D eigenvalue weighted by molar-refractivity contribution is -0.144. The summed E-state index contributed by atoms with van der Waals surface area (Å²) in [7, 11) is -7.89. The molecule has 3 saturated heterocycles. The Balaban J connectivity index is 0.868. The number of likely N-dealkylation sites (tertiary alicyclic amines) is 1. The molecule has 4 aliphatic rings. The number of amides is 7.